The smallest absolute Gasteiger partial charge is 0.289 e. The number of hydrogen-bond donors (Lipinski definition) is 1. The molecule has 3 aromatic rings. The van der Waals surface area contributed by atoms with Crippen LogP contribution in [0.5, 0.6) is 0 Å². The first kappa shape index (κ1) is 17.8. The summed E-state index contributed by atoms with van der Waals surface area (Å²) in [5.74, 6) is 0.824. The Morgan fingerprint density at radius 2 is 1.68 bits per heavy atom. The number of nitrogens with one attached hydrogen (secondary N) is 1. The number of hydrogen-bond acceptors (Lipinski definition) is 6. The monoisotopic (exact) mass is 380 g/mol. The van der Waals surface area contributed by atoms with Crippen LogP contribution in [0.3, 0.4) is 0 Å². The molecule has 8 heteroatoms. The van der Waals surface area contributed by atoms with Gasteiger partial charge in [-0.05, 0) is 36.4 Å². The van der Waals surface area contributed by atoms with Crippen LogP contribution in [-0.4, -0.2) is 52.8 Å². The average molecular weight is 380 g/mol. The number of pyridine rings is 1. The van der Waals surface area contributed by atoms with E-state index in [2.05, 4.69) is 10.3 Å². The van der Waals surface area contributed by atoms with Crippen molar-refractivity contribution < 1.29 is 18.4 Å². The van der Waals surface area contributed by atoms with Gasteiger partial charge >= 0.3 is 0 Å². The largest absolute Gasteiger partial charge is 0.467 e. The topological polar surface area (TPSA) is 91.8 Å². The summed E-state index contributed by atoms with van der Waals surface area (Å²) in [5.41, 5.74) is 1.16. The summed E-state index contributed by atoms with van der Waals surface area (Å²) < 4.78 is 10.5. The third kappa shape index (κ3) is 3.90. The minimum atomic E-state index is -0.153. The van der Waals surface area contributed by atoms with Crippen molar-refractivity contribution in [2.75, 3.05) is 31.5 Å². The molecular weight excluding hydrogens is 360 g/mol. The first-order chi connectivity index (χ1) is 13.7. The van der Waals surface area contributed by atoms with Crippen molar-refractivity contribution in [1.82, 2.24) is 14.8 Å². The molecule has 3 aromatic heterocycles. The highest BCUT2D eigenvalue weighted by Crippen LogP contribution is 2.15. The molecule has 0 radical (unpaired) electrons. The molecule has 1 aliphatic heterocycles. The number of rotatable bonds is 5. The summed E-state index contributed by atoms with van der Waals surface area (Å²) in [6.07, 6.45) is 4.70. The molecule has 2 amide bonds. The molecule has 0 unspecified atom stereocenters. The van der Waals surface area contributed by atoms with Crippen molar-refractivity contribution in [1.29, 1.82) is 0 Å². The van der Waals surface area contributed by atoms with Crippen LogP contribution in [0.4, 0.5) is 5.69 Å². The molecular formula is C20H20N4O4. The van der Waals surface area contributed by atoms with Gasteiger partial charge in [0.25, 0.3) is 11.8 Å². The molecule has 1 fully saturated rings. The molecule has 4 heterocycles. The fourth-order valence-electron chi connectivity index (χ4n) is 3.09. The summed E-state index contributed by atoms with van der Waals surface area (Å²) in [4.78, 5) is 32.7. The second-order valence-corrected chi connectivity index (χ2v) is 6.42. The molecule has 0 aliphatic carbocycles. The maximum Gasteiger partial charge on any atom is 0.289 e. The predicted molar refractivity (Wildman–Crippen MR) is 101 cm³/mol. The zero-order chi connectivity index (χ0) is 19.3. The number of aromatic nitrogens is 1. The standard InChI is InChI=1S/C20H20N4O4/c25-19(17-13-15(5-6-21-17)22-14-16-3-1-11-27-16)23-7-9-24(10-8-23)20(26)18-4-2-12-28-18/h1-6,11-13H,7-10,14H2,(H,21,22). The van der Waals surface area contributed by atoms with Gasteiger partial charge in [0.05, 0.1) is 19.1 Å². The van der Waals surface area contributed by atoms with Crippen LogP contribution in [0.15, 0.2) is 64.0 Å². The van der Waals surface area contributed by atoms with Crippen LogP contribution in [0, 0.1) is 0 Å². The van der Waals surface area contributed by atoms with Crippen molar-refractivity contribution in [2.24, 2.45) is 0 Å². The molecule has 144 valence electrons. The number of furan rings is 2. The van der Waals surface area contributed by atoms with Crippen LogP contribution < -0.4 is 5.32 Å². The third-order valence-electron chi connectivity index (χ3n) is 4.61. The quantitative estimate of drug-likeness (QED) is 0.731. The molecule has 1 aliphatic rings. The van der Waals surface area contributed by atoms with E-state index in [-0.39, 0.29) is 11.8 Å². The maximum absolute atomic E-state index is 12.8. The van der Waals surface area contributed by atoms with Gasteiger partial charge in [-0.25, -0.2) is 0 Å². The van der Waals surface area contributed by atoms with Crippen LogP contribution in [0.25, 0.3) is 0 Å². The third-order valence-corrected chi connectivity index (χ3v) is 4.61. The first-order valence-electron chi connectivity index (χ1n) is 9.05. The summed E-state index contributed by atoms with van der Waals surface area (Å²) >= 11 is 0. The number of carbonyl (C=O) groups excluding carboxylic acids is 2. The molecule has 0 saturated carbocycles. The lowest BCUT2D eigenvalue weighted by atomic mass is 10.2. The fourth-order valence-corrected chi connectivity index (χ4v) is 3.09. The van der Waals surface area contributed by atoms with E-state index in [0.29, 0.717) is 44.2 Å². The van der Waals surface area contributed by atoms with Crippen molar-refractivity contribution in [3.8, 4) is 0 Å². The summed E-state index contributed by atoms with van der Waals surface area (Å²) in [6.45, 7) is 2.36. The van der Waals surface area contributed by atoms with E-state index in [9.17, 15) is 9.59 Å². The van der Waals surface area contributed by atoms with E-state index in [1.165, 1.54) is 6.26 Å². The van der Waals surface area contributed by atoms with Gasteiger partial charge in [-0.15, -0.1) is 0 Å². The number of nitrogens with zero attached hydrogens (tertiary/aromatic N) is 3. The first-order valence-corrected chi connectivity index (χ1v) is 9.05. The Labute approximate surface area is 161 Å². The number of piperazine rings is 1. The number of anilines is 1. The maximum atomic E-state index is 12.8. The van der Waals surface area contributed by atoms with Crippen LogP contribution in [-0.2, 0) is 6.54 Å². The van der Waals surface area contributed by atoms with E-state index < -0.39 is 0 Å². The predicted octanol–water partition coefficient (Wildman–Crippen LogP) is 2.48. The summed E-state index contributed by atoms with van der Waals surface area (Å²) in [7, 11) is 0. The van der Waals surface area contributed by atoms with Crippen molar-refractivity contribution in [3.63, 3.8) is 0 Å². The zero-order valence-corrected chi connectivity index (χ0v) is 15.2. The minimum absolute atomic E-state index is 0.147. The molecule has 1 N–H and O–H groups in total. The summed E-state index contributed by atoms with van der Waals surface area (Å²) in [5, 5.41) is 3.22. The van der Waals surface area contributed by atoms with E-state index in [1.807, 2.05) is 12.1 Å². The van der Waals surface area contributed by atoms with Crippen LogP contribution >= 0.6 is 0 Å². The van der Waals surface area contributed by atoms with E-state index in [1.54, 1.807) is 46.5 Å². The van der Waals surface area contributed by atoms with Gasteiger partial charge in [0.1, 0.15) is 11.5 Å². The lowest BCUT2D eigenvalue weighted by molar-refractivity contribution is 0.0515. The van der Waals surface area contributed by atoms with E-state index in [0.717, 1.165) is 11.4 Å². The molecule has 0 aromatic carbocycles. The highest BCUT2D eigenvalue weighted by molar-refractivity contribution is 5.94. The van der Waals surface area contributed by atoms with Gasteiger partial charge in [-0.3, -0.25) is 14.6 Å². The Hall–Kier alpha value is -3.55. The van der Waals surface area contributed by atoms with Gasteiger partial charge in [-0.1, -0.05) is 0 Å². The summed E-state index contributed by atoms with van der Waals surface area (Å²) in [6, 6.07) is 10.6. The van der Waals surface area contributed by atoms with Crippen molar-refractivity contribution >= 4 is 17.5 Å². The van der Waals surface area contributed by atoms with Crippen LogP contribution in [0.2, 0.25) is 0 Å². The zero-order valence-electron chi connectivity index (χ0n) is 15.2. The number of carbonyl (C=O) groups is 2. The molecule has 0 bridgehead atoms. The Morgan fingerprint density at radius 1 is 0.964 bits per heavy atom. The molecule has 28 heavy (non-hydrogen) atoms. The minimum Gasteiger partial charge on any atom is -0.467 e. The Bertz CT molecular complexity index is 929. The average Bonchev–Trinajstić information content (AvgIpc) is 3.46. The Balaban J connectivity index is 1.34. The molecule has 1 saturated heterocycles. The SMILES string of the molecule is O=C(c1cc(NCc2ccco2)ccn1)N1CCN(C(=O)c2ccco2)CC1. The Morgan fingerprint density at radius 3 is 2.36 bits per heavy atom. The lowest BCUT2D eigenvalue weighted by Crippen LogP contribution is -2.50. The van der Waals surface area contributed by atoms with Crippen molar-refractivity contribution in [2.45, 2.75) is 6.54 Å². The van der Waals surface area contributed by atoms with Gasteiger partial charge in [0.15, 0.2) is 5.76 Å². The van der Waals surface area contributed by atoms with E-state index in [4.69, 9.17) is 8.83 Å². The number of amides is 2. The highest BCUT2D eigenvalue weighted by atomic mass is 16.3. The van der Waals surface area contributed by atoms with Gasteiger partial charge in [-0.2, -0.15) is 0 Å². The van der Waals surface area contributed by atoms with E-state index >= 15 is 0 Å². The highest BCUT2D eigenvalue weighted by Gasteiger charge is 2.27. The van der Waals surface area contributed by atoms with Gasteiger partial charge in [0.2, 0.25) is 0 Å². The fraction of sp³-hybridized carbons (Fsp3) is 0.250. The Kier molecular flexibility index (Phi) is 5.09. The van der Waals surface area contributed by atoms with Gasteiger partial charge < -0.3 is 24.0 Å². The molecule has 0 spiro atoms. The van der Waals surface area contributed by atoms with Crippen molar-refractivity contribution in [3.05, 3.63) is 72.3 Å². The molecule has 4 rings (SSSR count). The molecule has 0 atom stereocenters. The molecule has 8 nitrogen and oxygen atoms in total. The second kappa shape index (κ2) is 7.99. The lowest BCUT2D eigenvalue weighted by Gasteiger charge is -2.34. The van der Waals surface area contributed by atoms with Crippen LogP contribution in [0.1, 0.15) is 26.8 Å². The van der Waals surface area contributed by atoms with Gasteiger partial charge in [0, 0.05) is 38.1 Å². The second-order valence-electron chi connectivity index (χ2n) is 6.42. The normalized spacial score (nSPS) is 14.1.